The molecule has 0 unspecified atom stereocenters. The van der Waals surface area contributed by atoms with Crippen molar-refractivity contribution in [3.8, 4) is 5.75 Å². The molecule has 26 heavy (non-hydrogen) atoms. The quantitative estimate of drug-likeness (QED) is 0.798. The minimum atomic E-state index is -4.58. The molecule has 7 heteroatoms. The summed E-state index contributed by atoms with van der Waals surface area (Å²) >= 11 is 0. The van der Waals surface area contributed by atoms with E-state index < -0.39 is 17.6 Å². The van der Waals surface area contributed by atoms with Gasteiger partial charge in [0, 0.05) is 31.4 Å². The van der Waals surface area contributed by atoms with E-state index in [-0.39, 0.29) is 5.69 Å². The Kier molecular flexibility index (Phi) is 5.92. The van der Waals surface area contributed by atoms with Crippen molar-refractivity contribution in [2.75, 3.05) is 31.4 Å². The Bertz CT molecular complexity index is 815. The molecule has 0 heterocycles. The maximum absolute atomic E-state index is 13.3. The summed E-state index contributed by atoms with van der Waals surface area (Å²) in [5, 5.41) is 2.29. The number of halogens is 3. The lowest BCUT2D eigenvalue weighted by Gasteiger charge is -2.18. The molecule has 0 spiro atoms. The van der Waals surface area contributed by atoms with Crippen molar-refractivity contribution in [2.45, 2.75) is 6.18 Å². The van der Waals surface area contributed by atoms with E-state index in [9.17, 15) is 18.0 Å². The lowest BCUT2D eigenvalue weighted by Crippen LogP contribution is -2.16. The second kappa shape index (κ2) is 7.95. The first-order valence-corrected chi connectivity index (χ1v) is 7.73. The molecule has 1 N–H and O–H groups in total. The van der Waals surface area contributed by atoms with Gasteiger partial charge in [-0.2, -0.15) is 13.2 Å². The summed E-state index contributed by atoms with van der Waals surface area (Å²) in [6.07, 6.45) is -1.94. The Labute approximate surface area is 149 Å². The van der Waals surface area contributed by atoms with Crippen molar-refractivity contribution in [3.63, 3.8) is 0 Å². The number of amides is 1. The number of nitrogens with zero attached hydrogens (tertiary/aromatic N) is 1. The summed E-state index contributed by atoms with van der Waals surface area (Å²) in [7, 11) is 4.78. The molecule has 0 fully saturated rings. The number of nitrogens with one attached hydrogen (secondary N) is 1. The fourth-order valence-corrected chi connectivity index (χ4v) is 2.30. The van der Waals surface area contributed by atoms with Crippen LogP contribution in [0.1, 0.15) is 11.1 Å². The first-order valence-electron chi connectivity index (χ1n) is 7.73. The fraction of sp³-hybridized carbons (Fsp3) is 0.211. The van der Waals surface area contributed by atoms with Gasteiger partial charge in [0.1, 0.15) is 5.75 Å². The average molecular weight is 364 g/mol. The molecule has 0 aliphatic rings. The maximum atomic E-state index is 13.3. The summed E-state index contributed by atoms with van der Waals surface area (Å²) in [6.45, 7) is 0. The third kappa shape index (κ3) is 4.78. The van der Waals surface area contributed by atoms with Crippen LogP contribution in [0.3, 0.4) is 0 Å². The number of methoxy groups -OCH3 is 1. The minimum Gasteiger partial charge on any atom is -0.496 e. The summed E-state index contributed by atoms with van der Waals surface area (Å²) in [5.41, 5.74) is -0.162. The van der Waals surface area contributed by atoms with E-state index in [1.165, 1.54) is 25.3 Å². The Hall–Kier alpha value is -2.96. The van der Waals surface area contributed by atoms with Gasteiger partial charge in [0.25, 0.3) is 0 Å². The monoisotopic (exact) mass is 364 g/mol. The van der Waals surface area contributed by atoms with Crippen molar-refractivity contribution >= 4 is 23.4 Å². The van der Waals surface area contributed by atoms with Crippen LogP contribution < -0.4 is 15.0 Å². The molecule has 1 amide bonds. The molecule has 0 aliphatic heterocycles. The molecule has 0 atom stereocenters. The molecule has 2 aromatic carbocycles. The predicted octanol–water partition coefficient (Wildman–Crippen LogP) is 4.43. The Balaban J connectivity index is 2.24. The molecule has 0 saturated carbocycles. The van der Waals surface area contributed by atoms with E-state index in [0.29, 0.717) is 17.0 Å². The standard InChI is InChI=1S/C19H19F3N2O2/c1-24(2)14-9-10-16(15(12-14)19(20,21)22)23-18(25)11-8-13-6-4-5-7-17(13)26-3/h4-12H,1-3H3,(H,23,25)/b11-8+. The number of hydrogen-bond donors (Lipinski definition) is 1. The lowest BCUT2D eigenvalue weighted by molar-refractivity contribution is -0.136. The average Bonchev–Trinajstić information content (AvgIpc) is 2.59. The number of carbonyl (C=O) groups excluding carboxylic acids is 1. The molecule has 0 bridgehead atoms. The normalized spacial score (nSPS) is 11.5. The second-order valence-corrected chi connectivity index (χ2v) is 5.69. The van der Waals surface area contributed by atoms with Gasteiger partial charge in [-0.3, -0.25) is 4.79 Å². The SMILES string of the molecule is COc1ccccc1/C=C/C(=O)Nc1ccc(N(C)C)cc1C(F)(F)F. The van der Waals surface area contributed by atoms with E-state index in [2.05, 4.69) is 5.32 Å². The lowest BCUT2D eigenvalue weighted by atomic mass is 10.1. The van der Waals surface area contributed by atoms with Gasteiger partial charge in [-0.1, -0.05) is 18.2 Å². The van der Waals surface area contributed by atoms with Crippen LogP contribution in [0.2, 0.25) is 0 Å². The highest BCUT2D eigenvalue weighted by Gasteiger charge is 2.34. The smallest absolute Gasteiger partial charge is 0.418 e. The maximum Gasteiger partial charge on any atom is 0.418 e. The highest BCUT2D eigenvalue weighted by molar-refractivity contribution is 6.02. The number of rotatable bonds is 5. The van der Waals surface area contributed by atoms with Gasteiger partial charge in [0.15, 0.2) is 0 Å². The van der Waals surface area contributed by atoms with E-state index in [1.807, 2.05) is 0 Å². The van der Waals surface area contributed by atoms with E-state index in [0.717, 1.165) is 12.1 Å². The fourth-order valence-electron chi connectivity index (χ4n) is 2.30. The Morgan fingerprint density at radius 1 is 1.15 bits per heavy atom. The van der Waals surface area contributed by atoms with Gasteiger partial charge in [0.2, 0.25) is 5.91 Å². The molecule has 2 aromatic rings. The van der Waals surface area contributed by atoms with Crippen LogP contribution in [0.4, 0.5) is 24.5 Å². The predicted molar refractivity (Wildman–Crippen MR) is 96.4 cm³/mol. The number of benzene rings is 2. The highest BCUT2D eigenvalue weighted by Crippen LogP contribution is 2.37. The largest absolute Gasteiger partial charge is 0.496 e. The van der Waals surface area contributed by atoms with Crippen LogP contribution in [0.5, 0.6) is 5.75 Å². The molecule has 0 aromatic heterocycles. The topological polar surface area (TPSA) is 41.6 Å². The summed E-state index contributed by atoms with van der Waals surface area (Å²) in [5.74, 6) is -0.109. The summed E-state index contributed by atoms with van der Waals surface area (Å²) in [6, 6.07) is 10.7. The molecule has 0 saturated heterocycles. The zero-order valence-corrected chi connectivity index (χ0v) is 14.6. The van der Waals surface area contributed by atoms with Crippen LogP contribution in [0.25, 0.3) is 6.08 Å². The summed E-state index contributed by atoms with van der Waals surface area (Å²) < 4.78 is 45.0. The van der Waals surface area contributed by atoms with Crippen LogP contribution in [0.15, 0.2) is 48.5 Å². The van der Waals surface area contributed by atoms with Crippen LogP contribution in [-0.2, 0) is 11.0 Å². The minimum absolute atomic E-state index is 0.294. The number of anilines is 2. The van der Waals surface area contributed by atoms with E-state index in [4.69, 9.17) is 4.74 Å². The first kappa shape index (κ1) is 19.4. The van der Waals surface area contributed by atoms with Gasteiger partial charge in [-0.25, -0.2) is 0 Å². The van der Waals surface area contributed by atoms with E-state index in [1.54, 1.807) is 43.3 Å². The van der Waals surface area contributed by atoms with Crippen molar-refractivity contribution in [1.29, 1.82) is 0 Å². The summed E-state index contributed by atoms with van der Waals surface area (Å²) in [4.78, 5) is 13.6. The van der Waals surface area contributed by atoms with Gasteiger partial charge in [-0.05, 0) is 30.3 Å². The van der Waals surface area contributed by atoms with Crippen LogP contribution in [0, 0.1) is 0 Å². The molecular weight excluding hydrogens is 345 g/mol. The zero-order chi connectivity index (χ0) is 19.3. The number of hydrogen-bond acceptors (Lipinski definition) is 3. The number of alkyl halides is 3. The van der Waals surface area contributed by atoms with Crippen LogP contribution in [-0.4, -0.2) is 27.1 Å². The second-order valence-electron chi connectivity index (χ2n) is 5.69. The van der Waals surface area contributed by atoms with Crippen molar-refractivity contribution in [2.24, 2.45) is 0 Å². The highest BCUT2D eigenvalue weighted by atomic mass is 19.4. The molecule has 138 valence electrons. The third-order valence-corrected chi connectivity index (χ3v) is 3.64. The van der Waals surface area contributed by atoms with Crippen LogP contribution >= 0.6 is 0 Å². The van der Waals surface area contributed by atoms with Gasteiger partial charge in [-0.15, -0.1) is 0 Å². The Morgan fingerprint density at radius 2 is 1.85 bits per heavy atom. The van der Waals surface area contributed by atoms with Crippen molar-refractivity contribution in [1.82, 2.24) is 0 Å². The van der Waals surface area contributed by atoms with Crippen molar-refractivity contribution in [3.05, 3.63) is 59.7 Å². The molecule has 4 nitrogen and oxygen atoms in total. The first-order chi connectivity index (χ1) is 12.2. The van der Waals surface area contributed by atoms with E-state index >= 15 is 0 Å². The zero-order valence-electron chi connectivity index (χ0n) is 14.6. The number of para-hydroxylation sites is 1. The Morgan fingerprint density at radius 3 is 2.46 bits per heavy atom. The number of ether oxygens (including phenoxy) is 1. The third-order valence-electron chi connectivity index (χ3n) is 3.64. The van der Waals surface area contributed by atoms with Gasteiger partial charge >= 0.3 is 6.18 Å². The molecule has 0 radical (unpaired) electrons. The van der Waals surface area contributed by atoms with Gasteiger partial charge in [0.05, 0.1) is 18.4 Å². The molecular formula is C19H19F3N2O2. The van der Waals surface area contributed by atoms with Crippen molar-refractivity contribution < 1.29 is 22.7 Å². The molecule has 0 aliphatic carbocycles. The van der Waals surface area contributed by atoms with Gasteiger partial charge < -0.3 is 15.0 Å². The molecule has 2 rings (SSSR count). The number of carbonyl (C=O) groups is 1.